The van der Waals surface area contributed by atoms with Crippen LogP contribution in [0.1, 0.15) is 17.7 Å². The fraction of sp³-hybridized carbons (Fsp3) is 0.222. The van der Waals surface area contributed by atoms with E-state index >= 15 is 0 Å². The van der Waals surface area contributed by atoms with Gasteiger partial charge in [-0.3, -0.25) is 0 Å². The molecule has 1 atom stereocenters. The number of hydrogen-bond acceptors (Lipinski definition) is 2. The summed E-state index contributed by atoms with van der Waals surface area (Å²) >= 11 is 0. The normalized spacial score (nSPS) is 16.5. The second kappa shape index (κ2) is 5.85. The number of aryl methyl sites for hydroxylation is 1. The molecule has 136 valence electrons. The molecule has 0 radical (unpaired) electrons. The van der Waals surface area contributed by atoms with Crippen LogP contribution < -0.4 is 5.14 Å². The molecule has 2 heterocycles. The van der Waals surface area contributed by atoms with Crippen LogP contribution in [0.5, 0.6) is 0 Å². The molecule has 4 rings (SSSR count). The third kappa shape index (κ3) is 2.79. The molecule has 0 amide bonds. The fourth-order valence-corrected chi connectivity index (χ4v) is 4.49. The molecule has 8 heteroatoms. The summed E-state index contributed by atoms with van der Waals surface area (Å²) in [6.07, 6.45) is -2.69. The SMILES string of the molecule is NS(=O)(=Nc1c2n(c3ccccc13)CCC2)c1ccc(C(F)(F)F)cc1. The van der Waals surface area contributed by atoms with E-state index in [0.29, 0.717) is 5.69 Å². The number of alkyl halides is 3. The standard InChI is InChI=1S/C18H16F3N3OS/c19-18(20,21)12-7-9-13(10-8-12)26(22,25)23-17-14-4-1-2-5-15(14)24-11-3-6-16(17)24/h1-2,4-5,7-10H,3,6,11H2,(H2,22,23,25). The molecule has 3 aromatic rings. The highest BCUT2D eigenvalue weighted by molar-refractivity contribution is 7.91. The molecule has 1 unspecified atom stereocenters. The predicted molar refractivity (Wildman–Crippen MR) is 94.4 cm³/mol. The maximum Gasteiger partial charge on any atom is 0.416 e. The van der Waals surface area contributed by atoms with Gasteiger partial charge in [0.25, 0.3) is 0 Å². The van der Waals surface area contributed by atoms with Crippen molar-refractivity contribution >= 4 is 26.5 Å². The zero-order valence-electron chi connectivity index (χ0n) is 13.7. The summed E-state index contributed by atoms with van der Waals surface area (Å²) in [6, 6.07) is 11.7. The van der Waals surface area contributed by atoms with Crippen LogP contribution in [0.4, 0.5) is 18.9 Å². The van der Waals surface area contributed by atoms with Crippen LogP contribution in [-0.2, 0) is 29.1 Å². The van der Waals surface area contributed by atoms with E-state index in [1.807, 2.05) is 24.3 Å². The highest BCUT2D eigenvalue weighted by atomic mass is 32.2. The van der Waals surface area contributed by atoms with Gasteiger partial charge in [-0.2, -0.15) is 17.5 Å². The first kappa shape index (κ1) is 17.1. The second-order valence-electron chi connectivity index (χ2n) is 6.25. The van der Waals surface area contributed by atoms with Crippen LogP contribution in [0.2, 0.25) is 0 Å². The summed E-state index contributed by atoms with van der Waals surface area (Å²) in [5, 5.41) is 6.80. The fourth-order valence-electron chi connectivity index (χ4n) is 3.38. The van der Waals surface area contributed by atoms with Crippen LogP contribution in [0.25, 0.3) is 10.9 Å². The maximum atomic E-state index is 13.0. The number of aromatic nitrogens is 1. The lowest BCUT2D eigenvalue weighted by Crippen LogP contribution is -2.13. The maximum absolute atomic E-state index is 13.0. The number of halogens is 3. The lowest BCUT2D eigenvalue weighted by Gasteiger charge is -2.09. The van der Waals surface area contributed by atoms with E-state index in [9.17, 15) is 17.4 Å². The summed E-state index contributed by atoms with van der Waals surface area (Å²) in [7, 11) is -3.36. The zero-order chi connectivity index (χ0) is 18.5. The number of nitrogens with two attached hydrogens (primary N) is 1. The van der Waals surface area contributed by atoms with Crippen molar-refractivity contribution in [2.24, 2.45) is 9.50 Å². The molecule has 4 nitrogen and oxygen atoms in total. The van der Waals surface area contributed by atoms with Crippen molar-refractivity contribution in [3.8, 4) is 0 Å². The highest BCUT2D eigenvalue weighted by Crippen LogP contribution is 2.38. The van der Waals surface area contributed by atoms with E-state index in [0.717, 1.165) is 60.2 Å². The molecule has 0 fully saturated rings. The molecular formula is C18H16F3N3OS. The predicted octanol–water partition coefficient (Wildman–Crippen LogP) is 4.64. The molecule has 0 aliphatic carbocycles. The van der Waals surface area contributed by atoms with Crippen LogP contribution in [0.3, 0.4) is 0 Å². The molecular weight excluding hydrogens is 363 g/mol. The molecule has 2 aromatic carbocycles. The summed E-state index contributed by atoms with van der Waals surface area (Å²) in [5.41, 5.74) is 1.73. The van der Waals surface area contributed by atoms with Crippen LogP contribution >= 0.6 is 0 Å². The second-order valence-corrected chi connectivity index (χ2v) is 8.04. The average molecular weight is 379 g/mol. The molecule has 0 saturated heterocycles. The van der Waals surface area contributed by atoms with E-state index in [1.165, 1.54) is 0 Å². The summed E-state index contributed by atoms with van der Waals surface area (Å²) in [4.78, 5) is 0.0764. The molecule has 1 aliphatic heterocycles. The van der Waals surface area contributed by atoms with Gasteiger partial charge in [0.05, 0.1) is 16.0 Å². The first-order valence-corrected chi connectivity index (χ1v) is 9.67. The van der Waals surface area contributed by atoms with Gasteiger partial charge in [-0.1, -0.05) is 18.2 Å². The topological polar surface area (TPSA) is 60.4 Å². The molecule has 0 saturated carbocycles. The Morgan fingerprint density at radius 3 is 2.46 bits per heavy atom. The Labute approximate surface area is 148 Å². The largest absolute Gasteiger partial charge is 0.416 e. The number of para-hydroxylation sites is 1. The Balaban J connectivity index is 1.86. The van der Waals surface area contributed by atoms with Crippen molar-refractivity contribution in [1.82, 2.24) is 4.57 Å². The molecule has 2 N–H and O–H groups in total. The van der Waals surface area contributed by atoms with E-state index < -0.39 is 21.7 Å². The van der Waals surface area contributed by atoms with E-state index in [-0.39, 0.29) is 4.90 Å². The summed E-state index contributed by atoms with van der Waals surface area (Å²) in [6.45, 7) is 0.859. The number of nitrogens with zero attached hydrogens (tertiary/aromatic N) is 2. The first-order chi connectivity index (χ1) is 12.3. The van der Waals surface area contributed by atoms with Crippen molar-refractivity contribution in [2.75, 3.05) is 0 Å². The van der Waals surface area contributed by atoms with Gasteiger partial charge in [-0.05, 0) is 43.2 Å². The minimum atomic E-state index is -4.45. The van der Waals surface area contributed by atoms with Gasteiger partial charge in [0, 0.05) is 17.6 Å². The van der Waals surface area contributed by atoms with Crippen molar-refractivity contribution in [3.63, 3.8) is 0 Å². The van der Waals surface area contributed by atoms with Gasteiger partial charge >= 0.3 is 6.18 Å². The van der Waals surface area contributed by atoms with Crippen LogP contribution in [0.15, 0.2) is 57.8 Å². The Morgan fingerprint density at radius 2 is 1.77 bits per heavy atom. The first-order valence-electron chi connectivity index (χ1n) is 8.10. The quantitative estimate of drug-likeness (QED) is 0.693. The van der Waals surface area contributed by atoms with Gasteiger partial charge in [0.1, 0.15) is 15.6 Å². The molecule has 1 aliphatic rings. The lowest BCUT2D eigenvalue weighted by atomic mass is 10.2. The van der Waals surface area contributed by atoms with Gasteiger partial charge in [-0.15, -0.1) is 0 Å². The van der Waals surface area contributed by atoms with Gasteiger partial charge in [0.15, 0.2) is 0 Å². The smallest absolute Gasteiger partial charge is 0.342 e. The zero-order valence-corrected chi connectivity index (χ0v) is 14.5. The Kier molecular flexibility index (Phi) is 3.85. The van der Waals surface area contributed by atoms with Crippen molar-refractivity contribution in [3.05, 3.63) is 59.8 Å². The highest BCUT2D eigenvalue weighted by Gasteiger charge is 2.30. The number of rotatable bonds is 2. The molecule has 0 spiro atoms. The third-order valence-electron chi connectivity index (χ3n) is 4.59. The van der Waals surface area contributed by atoms with E-state index in [1.54, 1.807) is 0 Å². The van der Waals surface area contributed by atoms with E-state index in [4.69, 9.17) is 5.14 Å². The van der Waals surface area contributed by atoms with Crippen LogP contribution in [0, 0.1) is 0 Å². The van der Waals surface area contributed by atoms with Crippen molar-refractivity contribution in [1.29, 1.82) is 0 Å². The summed E-state index contributed by atoms with van der Waals surface area (Å²) < 4.78 is 57.6. The average Bonchev–Trinajstić information content (AvgIpc) is 3.17. The molecule has 0 bridgehead atoms. The van der Waals surface area contributed by atoms with Crippen molar-refractivity contribution in [2.45, 2.75) is 30.5 Å². The van der Waals surface area contributed by atoms with Gasteiger partial charge in [-0.25, -0.2) is 9.35 Å². The minimum absolute atomic E-state index is 0.0764. The van der Waals surface area contributed by atoms with Gasteiger partial charge in [0.2, 0.25) is 0 Å². The monoisotopic (exact) mass is 379 g/mol. The van der Waals surface area contributed by atoms with Crippen molar-refractivity contribution < 1.29 is 17.4 Å². The summed E-state index contributed by atoms with van der Waals surface area (Å²) in [5.74, 6) is 0. The van der Waals surface area contributed by atoms with Crippen LogP contribution in [-0.4, -0.2) is 8.78 Å². The number of benzene rings is 2. The number of hydrogen-bond donors (Lipinski definition) is 1. The lowest BCUT2D eigenvalue weighted by molar-refractivity contribution is -0.137. The third-order valence-corrected chi connectivity index (χ3v) is 5.99. The minimum Gasteiger partial charge on any atom is -0.342 e. The Bertz CT molecular complexity index is 1110. The number of fused-ring (bicyclic) bond motifs is 3. The van der Waals surface area contributed by atoms with E-state index in [2.05, 4.69) is 8.93 Å². The Morgan fingerprint density at radius 1 is 1.08 bits per heavy atom. The molecule has 1 aromatic heterocycles. The Hall–Kier alpha value is -2.32. The molecule has 26 heavy (non-hydrogen) atoms. The van der Waals surface area contributed by atoms with Gasteiger partial charge < -0.3 is 4.57 Å².